The van der Waals surface area contributed by atoms with Gasteiger partial charge < -0.3 is 10.1 Å². The highest BCUT2D eigenvalue weighted by molar-refractivity contribution is 5.92. The van der Waals surface area contributed by atoms with Gasteiger partial charge >= 0.3 is 0 Å². The van der Waals surface area contributed by atoms with Gasteiger partial charge in [-0.25, -0.2) is 8.78 Å². The van der Waals surface area contributed by atoms with Gasteiger partial charge in [0.2, 0.25) is 5.91 Å². The predicted octanol–water partition coefficient (Wildman–Crippen LogP) is 3.75. The van der Waals surface area contributed by atoms with Gasteiger partial charge in [-0.15, -0.1) is 0 Å². The molecule has 6 heteroatoms. The molecule has 2 aromatic carbocycles. The Morgan fingerprint density at radius 3 is 2.72 bits per heavy atom. The van der Waals surface area contributed by atoms with Gasteiger partial charge in [-0.3, -0.25) is 9.69 Å². The number of ether oxygens (including phenoxy) is 1. The summed E-state index contributed by atoms with van der Waals surface area (Å²) < 4.78 is 32.0. The molecule has 25 heavy (non-hydrogen) atoms. The molecule has 1 aliphatic heterocycles. The fraction of sp³-hybridized carbons (Fsp3) is 0.316. The SMILES string of the molecule is COc1ccc(C2CCCN2CC(=O)Nc2cc(F)ccc2F)cc1. The van der Waals surface area contributed by atoms with Gasteiger partial charge in [-0.2, -0.15) is 0 Å². The molecule has 0 aliphatic carbocycles. The minimum atomic E-state index is -0.650. The van der Waals surface area contributed by atoms with E-state index in [1.165, 1.54) is 0 Å². The standard InChI is InChI=1S/C19H20F2N2O2/c1-25-15-7-4-13(5-8-15)18-3-2-10-23(18)12-19(24)22-17-11-14(20)6-9-16(17)21/h4-9,11,18H,2-3,10,12H2,1H3,(H,22,24). The average molecular weight is 346 g/mol. The Kier molecular flexibility index (Phi) is 5.28. The third-order valence-electron chi connectivity index (χ3n) is 4.41. The molecule has 0 spiro atoms. The van der Waals surface area contributed by atoms with Crippen molar-refractivity contribution in [3.8, 4) is 5.75 Å². The highest BCUT2D eigenvalue weighted by Crippen LogP contribution is 2.32. The summed E-state index contributed by atoms with van der Waals surface area (Å²) in [6.07, 6.45) is 1.94. The number of likely N-dealkylation sites (tertiary alicyclic amines) is 1. The van der Waals surface area contributed by atoms with Crippen molar-refractivity contribution in [2.75, 3.05) is 25.5 Å². The lowest BCUT2D eigenvalue weighted by atomic mass is 10.0. The van der Waals surface area contributed by atoms with Crippen LogP contribution in [0.2, 0.25) is 0 Å². The van der Waals surface area contributed by atoms with Crippen molar-refractivity contribution in [3.05, 3.63) is 59.7 Å². The minimum absolute atomic E-state index is 0.132. The molecule has 1 heterocycles. The Morgan fingerprint density at radius 2 is 2.00 bits per heavy atom. The van der Waals surface area contributed by atoms with Crippen molar-refractivity contribution in [3.63, 3.8) is 0 Å². The Hall–Kier alpha value is -2.47. The van der Waals surface area contributed by atoms with Crippen LogP contribution in [0.3, 0.4) is 0 Å². The van der Waals surface area contributed by atoms with Crippen LogP contribution in [0.25, 0.3) is 0 Å². The molecule has 1 amide bonds. The van der Waals surface area contributed by atoms with Crippen molar-refractivity contribution in [2.45, 2.75) is 18.9 Å². The van der Waals surface area contributed by atoms with Crippen LogP contribution in [-0.2, 0) is 4.79 Å². The van der Waals surface area contributed by atoms with Crippen molar-refractivity contribution in [1.82, 2.24) is 4.90 Å². The van der Waals surface area contributed by atoms with Crippen LogP contribution in [0.5, 0.6) is 5.75 Å². The number of rotatable bonds is 5. The number of amides is 1. The normalized spacial score (nSPS) is 17.5. The van der Waals surface area contributed by atoms with Crippen LogP contribution in [0, 0.1) is 11.6 Å². The quantitative estimate of drug-likeness (QED) is 0.896. The molecule has 1 aliphatic rings. The summed E-state index contributed by atoms with van der Waals surface area (Å²) >= 11 is 0. The van der Waals surface area contributed by atoms with Crippen LogP contribution < -0.4 is 10.1 Å². The van der Waals surface area contributed by atoms with Crippen molar-refractivity contribution in [2.24, 2.45) is 0 Å². The fourth-order valence-corrected chi connectivity index (χ4v) is 3.19. The first kappa shape index (κ1) is 17.4. The maximum atomic E-state index is 13.6. The van der Waals surface area contributed by atoms with Crippen molar-refractivity contribution in [1.29, 1.82) is 0 Å². The molecule has 1 saturated heterocycles. The largest absolute Gasteiger partial charge is 0.497 e. The molecule has 132 valence electrons. The Morgan fingerprint density at radius 1 is 1.24 bits per heavy atom. The van der Waals surface area contributed by atoms with Gasteiger partial charge in [-0.1, -0.05) is 12.1 Å². The number of halogens is 2. The van der Waals surface area contributed by atoms with E-state index >= 15 is 0 Å². The molecule has 1 fully saturated rings. The molecule has 0 radical (unpaired) electrons. The summed E-state index contributed by atoms with van der Waals surface area (Å²) in [4.78, 5) is 14.3. The number of nitrogens with one attached hydrogen (secondary N) is 1. The minimum Gasteiger partial charge on any atom is -0.497 e. The molecule has 1 atom stereocenters. The number of methoxy groups -OCH3 is 1. The van der Waals surface area contributed by atoms with Crippen molar-refractivity contribution < 1.29 is 18.3 Å². The number of hydrogen-bond donors (Lipinski definition) is 1. The zero-order valence-corrected chi connectivity index (χ0v) is 14.0. The van der Waals surface area contributed by atoms with E-state index in [2.05, 4.69) is 5.32 Å². The van der Waals surface area contributed by atoms with E-state index in [1.54, 1.807) is 7.11 Å². The molecule has 1 unspecified atom stereocenters. The lowest BCUT2D eigenvalue weighted by molar-refractivity contribution is -0.117. The van der Waals surface area contributed by atoms with Gasteiger partial charge in [-0.05, 0) is 49.2 Å². The fourth-order valence-electron chi connectivity index (χ4n) is 3.19. The topological polar surface area (TPSA) is 41.6 Å². The van der Waals surface area contributed by atoms with E-state index in [1.807, 2.05) is 29.2 Å². The van der Waals surface area contributed by atoms with Crippen LogP contribution >= 0.6 is 0 Å². The van der Waals surface area contributed by atoms with E-state index in [0.717, 1.165) is 48.9 Å². The smallest absolute Gasteiger partial charge is 0.238 e. The molecule has 4 nitrogen and oxygen atoms in total. The Balaban J connectivity index is 1.66. The highest BCUT2D eigenvalue weighted by Gasteiger charge is 2.27. The maximum absolute atomic E-state index is 13.6. The van der Waals surface area contributed by atoms with Gasteiger partial charge in [0.25, 0.3) is 0 Å². The molecule has 0 bridgehead atoms. The lowest BCUT2D eigenvalue weighted by Crippen LogP contribution is -2.33. The summed E-state index contributed by atoms with van der Waals surface area (Å²) in [6, 6.07) is 10.9. The van der Waals surface area contributed by atoms with Crippen LogP contribution in [0.1, 0.15) is 24.4 Å². The highest BCUT2D eigenvalue weighted by atomic mass is 19.1. The lowest BCUT2D eigenvalue weighted by Gasteiger charge is -2.24. The summed E-state index contributed by atoms with van der Waals surface area (Å²) in [6.45, 7) is 0.919. The molecule has 0 saturated carbocycles. The van der Waals surface area contributed by atoms with E-state index in [4.69, 9.17) is 4.74 Å². The number of carbonyl (C=O) groups is 1. The second kappa shape index (κ2) is 7.61. The average Bonchev–Trinajstić information content (AvgIpc) is 3.06. The van der Waals surface area contributed by atoms with Gasteiger partial charge in [0.05, 0.1) is 19.3 Å². The maximum Gasteiger partial charge on any atom is 0.238 e. The second-order valence-corrected chi connectivity index (χ2v) is 6.07. The third-order valence-corrected chi connectivity index (χ3v) is 4.41. The summed E-state index contributed by atoms with van der Waals surface area (Å²) in [5, 5.41) is 2.45. The van der Waals surface area contributed by atoms with Crippen LogP contribution in [-0.4, -0.2) is 31.0 Å². The Bertz CT molecular complexity index is 750. The predicted molar refractivity (Wildman–Crippen MR) is 91.5 cm³/mol. The first-order chi connectivity index (χ1) is 12.1. The number of nitrogens with zero attached hydrogens (tertiary/aromatic N) is 1. The molecule has 3 rings (SSSR count). The first-order valence-corrected chi connectivity index (χ1v) is 8.19. The molecule has 2 aromatic rings. The number of carbonyl (C=O) groups excluding carboxylic acids is 1. The number of benzene rings is 2. The second-order valence-electron chi connectivity index (χ2n) is 6.07. The number of hydrogen-bond acceptors (Lipinski definition) is 3. The first-order valence-electron chi connectivity index (χ1n) is 8.19. The van der Waals surface area contributed by atoms with Gasteiger partial charge in [0, 0.05) is 12.1 Å². The third kappa shape index (κ3) is 4.14. The van der Waals surface area contributed by atoms with Gasteiger partial charge in [0.1, 0.15) is 17.4 Å². The zero-order valence-electron chi connectivity index (χ0n) is 14.0. The summed E-state index contributed by atoms with van der Waals surface area (Å²) in [5.41, 5.74) is 0.980. The monoisotopic (exact) mass is 346 g/mol. The molecule has 1 N–H and O–H groups in total. The van der Waals surface area contributed by atoms with E-state index in [9.17, 15) is 13.6 Å². The molecular weight excluding hydrogens is 326 g/mol. The Labute approximate surface area is 145 Å². The van der Waals surface area contributed by atoms with E-state index in [0.29, 0.717) is 0 Å². The van der Waals surface area contributed by atoms with E-state index in [-0.39, 0.29) is 24.2 Å². The summed E-state index contributed by atoms with van der Waals surface area (Å²) in [5.74, 6) is -0.811. The van der Waals surface area contributed by atoms with Crippen LogP contribution in [0.4, 0.5) is 14.5 Å². The molecule has 0 aromatic heterocycles. The summed E-state index contributed by atoms with van der Waals surface area (Å²) in [7, 11) is 1.62. The zero-order chi connectivity index (χ0) is 17.8. The van der Waals surface area contributed by atoms with Crippen molar-refractivity contribution >= 4 is 11.6 Å². The van der Waals surface area contributed by atoms with E-state index < -0.39 is 11.6 Å². The van der Waals surface area contributed by atoms with Gasteiger partial charge in [0.15, 0.2) is 0 Å². The molecular formula is C19H20F2N2O2. The number of anilines is 1. The van der Waals surface area contributed by atoms with Crippen LogP contribution in [0.15, 0.2) is 42.5 Å².